The van der Waals surface area contributed by atoms with Crippen LogP contribution in [0.3, 0.4) is 0 Å². The fourth-order valence-electron chi connectivity index (χ4n) is 1.36. The highest BCUT2D eigenvalue weighted by atomic mass is 79.9. The van der Waals surface area contributed by atoms with Gasteiger partial charge in [0.15, 0.2) is 0 Å². The molecule has 1 heterocycles. The molecule has 0 aromatic rings. The van der Waals surface area contributed by atoms with E-state index in [0.29, 0.717) is 19.6 Å². The van der Waals surface area contributed by atoms with Gasteiger partial charge in [0.1, 0.15) is 0 Å². The van der Waals surface area contributed by atoms with Crippen LogP contribution in [0.15, 0.2) is 0 Å². The molecular weight excluding hydrogens is 268 g/mol. The maximum atomic E-state index is 11.6. The average Bonchev–Trinajstić information content (AvgIpc) is 2.67. The molecule has 0 aliphatic carbocycles. The molecule has 14 heavy (non-hydrogen) atoms. The van der Waals surface area contributed by atoms with Crippen molar-refractivity contribution >= 4 is 26.1 Å². The van der Waals surface area contributed by atoms with Gasteiger partial charge < -0.3 is 0 Å². The highest BCUT2D eigenvalue weighted by Gasteiger charge is 2.24. The van der Waals surface area contributed by atoms with E-state index in [1.807, 2.05) is 6.92 Å². The summed E-state index contributed by atoms with van der Waals surface area (Å²) in [4.78, 5) is 0.222. The van der Waals surface area contributed by atoms with E-state index in [4.69, 9.17) is 0 Å². The lowest BCUT2D eigenvalue weighted by Gasteiger charge is -2.17. The topological polar surface area (TPSA) is 49.4 Å². The second kappa shape index (κ2) is 5.44. The standard InChI is InChI=1S/C8H17BrN2O2S/c1-2-8(9)7-10-14(12,13)11-5-3-4-6-11/h8,10H,2-7H2,1H3. The summed E-state index contributed by atoms with van der Waals surface area (Å²) in [6.45, 7) is 3.81. The van der Waals surface area contributed by atoms with Crippen molar-refractivity contribution in [2.24, 2.45) is 0 Å². The van der Waals surface area contributed by atoms with Gasteiger partial charge in [0.25, 0.3) is 10.2 Å². The Morgan fingerprint density at radius 2 is 2.00 bits per heavy atom. The predicted octanol–water partition coefficient (Wildman–Crippen LogP) is 1.09. The number of halogens is 1. The fourth-order valence-corrected chi connectivity index (χ4v) is 3.07. The van der Waals surface area contributed by atoms with Crippen LogP contribution in [0.4, 0.5) is 0 Å². The number of nitrogens with one attached hydrogen (secondary N) is 1. The largest absolute Gasteiger partial charge is 0.279 e. The number of nitrogens with zero attached hydrogens (tertiary/aromatic N) is 1. The summed E-state index contributed by atoms with van der Waals surface area (Å²) in [5, 5.41) is 0. The summed E-state index contributed by atoms with van der Waals surface area (Å²) >= 11 is 3.39. The Labute approximate surface area is 94.4 Å². The van der Waals surface area contributed by atoms with Crippen LogP contribution in [0, 0.1) is 0 Å². The zero-order chi connectivity index (χ0) is 10.6. The van der Waals surface area contributed by atoms with E-state index in [2.05, 4.69) is 20.7 Å². The van der Waals surface area contributed by atoms with Crippen LogP contribution in [0.1, 0.15) is 26.2 Å². The summed E-state index contributed by atoms with van der Waals surface area (Å²) in [5.74, 6) is 0. The molecule has 0 radical (unpaired) electrons. The summed E-state index contributed by atoms with van der Waals surface area (Å²) in [7, 11) is -3.21. The number of hydrogen-bond acceptors (Lipinski definition) is 2. The minimum absolute atomic E-state index is 0.222. The molecule has 0 saturated carbocycles. The van der Waals surface area contributed by atoms with Gasteiger partial charge in [-0.3, -0.25) is 0 Å². The smallest absolute Gasteiger partial charge is 0.201 e. The van der Waals surface area contributed by atoms with E-state index in [-0.39, 0.29) is 4.83 Å². The second-order valence-electron chi connectivity index (χ2n) is 3.47. The third-order valence-corrected chi connectivity index (χ3v) is 4.88. The molecule has 4 nitrogen and oxygen atoms in total. The third kappa shape index (κ3) is 3.49. The quantitative estimate of drug-likeness (QED) is 0.769. The second-order valence-corrected chi connectivity index (χ2v) is 6.52. The highest BCUT2D eigenvalue weighted by Crippen LogP contribution is 2.11. The summed E-state index contributed by atoms with van der Waals surface area (Å²) < 4.78 is 27.4. The van der Waals surface area contributed by atoms with Crippen molar-refractivity contribution in [3.63, 3.8) is 0 Å². The Balaban J connectivity index is 2.41. The van der Waals surface area contributed by atoms with Crippen molar-refractivity contribution in [3.8, 4) is 0 Å². The maximum absolute atomic E-state index is 11.6. The van der Waals surface area contributed by atoms with Crippen molar-refractivity contribution in [1.29, 1.82) is 0 Å². The molecule has 1 aliphatic rings. The van der Waals surface area contributed by atoms with Crippen molar-refractivity contribution in [2.75, 3.05) is 19.6 Å². The van der Waals surface area contributed by atoms with Gasteiger partial charge in [-0.05, 0) is 19.3 Å². The van der Waals surface area contributed by atoms with Crippen LogP contribution in [-0.2, 0) is 10.2 Å². The van der Waals surface area contributed by atoms with E-state index in [9.17, 15) is 8.42 Å². The first kappa shape index (κ1) is 12.4. The molecule has 84 valence electrons. The summed E-state index contributed by atoms with van der Waals surface area (Å²) in [5.41, 5.74) is 0. The zero-order valence-corrected chi connectivity index (χ0v) is 10.8. The normalized spacial score (nSPS) is 21.3. The van der Waals surface area contributed by atoms with Gasteiger partial charge in [-0.1, -0.05) is 22.9 Å². The Morgan fingerprint density at radius 3 is 2.50 bits per heavy atom. The molecule has 1 unspecified atom stereocenters. The molecule has 0 aromatic carbocycles. The lowest BCUT2D eigenvalue weighted by Crippen LogP contribution is -2.41. The van der Waals surface area contributed by atoms with E-state index in [1.54, 1.807) is 0 Å². The number of alkyl halides is 1. The molecule has 1 atom stereocenters. The van der Waals surface area contributed by atoms with E-state index >= 15 is 0 Å². The molecule has 0 aromatic heterocycles. The minimum Gasteiger partial charge on any atom is -0.201 e. The van der Waals surface area contributed by atoms with Gasteiger partial charge >= 0.3 is 0 Å². The molecule has 6 heteroatoms. The maximum Gasteiger partial charge on any atom is 0.279 e. The molecule has 1 aliphatic heterocycles. The third-order valence-electron chi connectivity index (χ3n) is 2.34. The first-order valence-electron chi connectivity index (χ1n) is 4.95. The number of rotatable bonds is 5. The van der Waals surface area contributed by atoms with Gasteiger partial charge in [-0.15, -0.1) is 0 Å². The predicted molar refractivity (Wildman–Crippen MR) is 60.7 cm³/mol. The van der Waals surface area contributed by atoms with Gasteiger partial charge in [-0.2, -0.15) is 12.7 Å². The van der Waals surface area contributed by atoms with Gasteiger partial charge in [0, 0.05) is 24.5 Å². The lowest BCUT2D eigenvalue weighted by atomic mass is 10.3. The Morgan fingerprint density at radius 1 is 1.43 bits per heavy atom. The Bertz CT molecular complexity index is 263. The molecule has 1 rings (SSSR count). The number of hydrogen-bond donors (Lipinski definition) is 1. The molecular formula is C8H17BrN2O2S. The molecule has 1 saturated heterocycles. The van der Waals surface area contributed by atoms with Crippen LogP contribution in [-0.4, -0.2) is 37.2 Å². The van der Waals surface area contributed by atoms with Crippen molar-refractivity contribution in [1.82, 2.24) is 9.03 Å². The van der Waals surface area contributed by atoms with Gasteiger partial charge in [-0.25, -0.2) is 4.72 Å². The minimum atomic E-state index is -3.21. The van der Waals surface area contributed by atoms with Crippen LogP contribution in [0.5, 0.6) is 0 Å². The molecule has 0 bridgehead atoms. The molecule has 1 N–H and O–H groups in total. The van der Waals surface area contributed by atoms with Crippen LogP contribution < -0.4 is 4.72 Å². The van der Waals surface area contributed by atoms with Gasteiger partial charge in [0.05, 0.1) is 0 Å². The van der Waals surface area contributed by atoms with E-state index in [0.717, 1.165) is 19.3 Å². The summed E-state index contributed by atoms with van der Waals surface area (Å²) in [6.07, 6.45) is 2.88. The lowest BCUT2D eigenvalue weighted by molar-refractivity contribution is 0.464. The van der Waals surface area contributed by atoms with E-state index < -0.39 is 10.2 Å². The van der Waals surface area contributed by atoms with E-state index in [1.165, 1.54) is 4.31 Å². The van der Waals surface area contributed by atoms with Crippen LogP contribution in [0.25, 0.3) is 0 Å². The van der Waals surface area contributed by atoms with Crippen LogP contribution >= 0.6 is 15.9 Å². The fraction of sp³-hybridized carbons (Fsp3) is 1.00. The SMILES string of the molecule is CCC(Br)CNS(=O)(=O)N1CCCC1. The van der Waals surface area contributed by atoms with Crippen LogP contribution in [0.2, 0.25) is 0 Å². The monoisotopic (exact) mass is 284 g/mol. The summed E-state index contributed by atoms with van der Waals surface area (Å²) in [6, 6.07) is 0. The van der Waals surface area contributed by atoms with Crippen molar-refractivity contribution in [2.45, 2.75) is 31.0 Å². The Kier molecular flexibility index (Phi) is 4.82. The molecule has 0 spiro atoms. The Hall–Kier alpha value is 0.350. The van der Waals surface area contributed by atoms with Crippen molar-refractivity contribution in [3.05, 3.63) is 0 Å². The highest BCUT2D eigenvalue weighted by molar-refractivity contribution is 9.09. The van der Waals surface area contributed by atoms with Gasteiger partial charge in [0.2, 0.25) is 0 Å². The molecule has 1 fully saturated rings. The first-order valence-corrected chi connectivity index (χ1v) is 7.30. The average molecular weight is 285 g/mol. The molecule has 0 amide bonds. The van der Waals surface area contributed by atoms with Crippen molar-refractivity contribution < 1.29 is 8.42 Å². The zero-order valence-electron chi connectivity index (χ0n) is 8.37. The first-order chi connectivity index (χ1) is 6.56.